The highest BCUT2D eigenvalue weighted by Gasteiger charge is 2.14. The first-order valence-electron chi connectivity index (χ1n) is 4.76. The monoisotopic (exact) mass is 258 g/mol. The molecule has 18 heavy (non-hydrogen) atoms. The molecule has 0 saturated carbocycles. The van der Waals surface area contributed by atoms with Gasteiger partial charge in [0, 0.05) is 0 Å². The highest BCUT2D eigenvalue weighted by atomic mass is 19.1. The van der Waals surface area contributed by atoms with E-state index in [-0.39, 0.29) is 11.1 Å². The fourth-order valence-corrected chi connectivity index (χ4v) is 1.46. The van der Waals surface area contributed by atoms with E-state index in [1.807, 2.05) is 0 Å². The van der Waals surface area contributed by atoms with Gasteiger partial charge in [0.15, 0.2) is 34.8 Å². The Labute approximate surface area is 98.7 Å². The number of hydrogen-bond acceptors (Lipinski definition) is 2. The summed E-state index contributed by atoms with van der Waals surface area (Å²) in [5.74, 6) is -7.34. The molecule has 0 radical (unpaired) electrons. The zero-order chi connectivity index (χ0) is 13.4. The highest BCUT2D eigenvalue weighted by Crippen LogP contribution is 2.31. The summed E-state index contributed by atoms with van der Waals surface area (Å²) in [6.07, 6.45) is 0. The average Bonchev–Trinajstić information content (AvgIpc) is 2.31. The molecule has 2 aromatic carbocycles. The first kappa shape index (κ1) is 12.2. The predicted molar refractivity (Wildman–Crippen MR) is 55.0 cm³/mol. The molecule has 0 saturated heterocycles. The van der Waals surface area contributed by atoms with Crippen LogP contribution in [0, 0.1) is 23.3 Å². The van der Waals surface area contributed by atoms with E-state index in [1.54, 1.807) is 0 Å². The van der Waals surface area contributed by atoms with E-state index in [0.29, 0.717) is 0 Å². The second-order valence-corrected chi connectivity index (χ2v) is 3.58. The Morgan fingerprint density at radius 3 is 1.00 bits per heavy atom. The number of aromatic hydroxyl groups is 2. The Balaban J connectivity index is 2.63. The fourth-order valence-electron chi connectivity index (χ4n) is 1.46. The van der Waals surface area contributed by atoms with E-state index in [4.69, 9.17) is 10.2 Å². The minimum Gasteiger partial charge on any atom is -0.503 e. The molecule has 0 bridgehead atoms. The smallest absolute Gasteiger partial charge is 0.187 e. The average molecular weight is 258 g/mol. The van der Waals surface area contributed by atoms with Gasteiger partial charge in [-0.1, -0.05) is 0 Å². The second kappa shape index (κ2) is 4.21. The van der Waals surface area contributed by atoms with Gasteiger partial charge in [-0.15, -0.1) is 0 Å². The van der Waals surface area contributed by atoms with Crippen molar-refractivity contribution in [2.24, 2.45) is 0 Å². The van der Waals surface area contributed by atoms with Crippen LogP contribution < -0.4 is 0 Å². The van der Waals surface area contributed by atoms with Crippen LogP contribution in [0.15, 0.2) is 24.3 Å². The van der Waals surface area contributed by atoms with Gasteiger partial charge in [0.1, 0.15) is 0 Å². The van der Waals surface area contributed by atoms with E-state index < -0.39 is 34.8 Å². The lowest BCUT2D eigenvalue weighted by Gasteiger charge is -2.06. The molecule has 0 aliphatic carbocycles. The quantitative estimate of drug-likeness (QED) is 0.770. The number of rotatable bonds is 1. The Morgan fingerprint density at radius 1 is 0.556 bits per heavy atom. The molecule has 0 amide bonds. The molecule has 94 valence electrons. The maximum Gasteiger partial charge on any atom is 0.187 e. The minimum absolute atomic E-state index is 0.166. The first-order valence-corrected chi connectivity index (χ1v) is 4.76. The highest BCUT2D eigenvalue weighted by molar-refractivity contribution is 5.65. The van der Waals surface area contributed by atoms with Gasteiger partial charge >= 0.3 is 0 Å². The molecule has 2 nitrogen and oxygen atoms in total. The maximum absolute atomic E-state index is 13.1. The van der Waals surface area contributed by atoms with Crippen molar-refractivity contribution in [2.45, 2.75) is 0 Å². The van der Waals surface area contributed by atoms with E-state index >= 15 is 0 Å². The third-order valence-corrected chi connectivity index (χ3v) is 2.37. The molecule has 0 aliphatic heterocycles. The molecule has 0 unspecified atom stereocenters. The van der Waals surface area contributed by atoms with Crippen LogP contribution in [0.1, 0.15) is 0 Å². The van der Waals surface area contributed by atoms with Crippen molar-refractivity contribution in [1.29, 1.82) is 0 Å². The molecular formula is C12H6F4O2. The molecule has 6 heteroatoms. The van der Waals surface area contributed by atoms with Crippen LogP contribution in [0.25, 0.3) is 11.1 Å². The van der Waals surface area contributed by atoms with Gasteiger partial charge in [-0.05, 0) is 35.4 Å². The lowest BCUT2D eigenvalue weighted by molar-refractivity contribution is 0.395. The number of hydrogen-bond donors (Lipinski definition) is 2. The Hall–Kier alpha value is -2.24. The lowest BCUT2D eigenvalue weighted by atomic mass is 10.0. The summed E-state index contributed by atoms with van der Waals surface area (Å²) >= 11 is 0. The number of phenolic OH excluding ortho intramolecular Hbond substituents is 2. The normalized spacial score (nSPS) is 10.7. The summed E-state index contributed by atoms with van der Waals surface area (Å²) < 4.78 is 52.3. The SMILES string of the molecule is Oc1c(F)cc(-c2cc(F)c(O)c(F)c2)cc1F. The summed E-state index contributed by atoms with van der Waals surface area (Å²) in [7, 11) is 0. The lowest BCUT2D eigenvalue weighted by Crippen LogP contribution is -1.89. The van der Waals surface area contributed by atoms with Crippen molar-refractivity contribution in [2.75, 3.05) is 0 Å². The van der Waals surface area contributed by atoms with E-state index in [1.165, 1.54) is 0 Å². The summed E-state index contributed by atoms with van der Waals surface area (Å²) in [6.45, 7) is 0. The van der Waals surface area contributed by atoms with Crippen LogP contribution in [-0.4, -0.2) is 10.2 Å². The van der Waals surface area contributed by atoms with Gasteiger partial charge in [0.25, 0.3) is 0 Å². The molecule has 2 N–H and O–H groups in total. The third kappa shape index (κ3) is 1.97. The van der Waals surface area contributed by atoms with Gasteiger partial charge in [-0.3, -0.25) is 0 Å². The van der Waals surface area contributed by atoms with Gasteiger partial charge in [0.2, 0.25) is 0 Å². The zero-order valence-electron chi connectivity index (χ0n) is 8.72. The first-order chi connectivity index (χ1) is 8.40. The van der Waals surface area contributed by atoms with Crippen LogP contribution in [0.2, 0.25) is 0 Å². The van der Waals surface area contributed by atoms with Crippen molar-refractivity contribution in [3.63, 3.8) is 0 Å². The van der Waals surface area contributed by atoms with Gasteiger partial charge in [-0.2, -0.15) is 0 Å². The van der Waals surface area contributed by atoms with E-state index in [2.05, 4.69) is 0 Å². The van der Waals surface area contributed by atoms with Crippen molar-refractivity contribution in [3.05, 3.63) is 47.5 Å². The van der Waals surface area contributed by atoms with Crippen LogP contribution in [-0.2, 0) is 0 Å². The van der Waals surface area contributed by atoms with Crippen molar-refractivity contribution in [1.82, 2.24) is 0 Å². The Bertz CT molecular complexity index is 524. The van der Waals surface area contributed by atoms with Crippen LogP contribution in [0.4, 0.5) is 17.6 Å². The predicted octanol–water partition coefficient (Wildman–Crippen LogP) is 3.32. The Morgan fingerprint density at radius 2 is 0.778 bits per heavy atom. The van der Waals surface area contributed by atoms with Gasteiger partial charge in [0.05, 0.1) is 0 Å². The number of phenols is 2. The molecule has 2 rings (SSSR count). The van der Waals surface area contributed by atoms with Crippen LogP contribution >= 0.6 is 0 Å². The third-order valence-electron chi connectivity index (χ3n) is 2.37. The zero-order valence-corrected chi connectivity index (χ0v) is 8.72. The molecule has 0 aliphatic rings. The molecule has 0 fully saturated rings. The Kier molecular flexibility index (Phi) is 2.86. The van der Waals surface area contributed by atoms with Crippen molar-refractivity contribution >= 4 is 0 Å². The molecule has 0 heterocycles. The summed E-state index contributed by atoms with van der Waals surface area (Å²) in [4.78, 5) is 0. The van der Waals surface area contributed by atoms with E-state index in [0.717, 1.165) is 24.3 Å². The largest absolute Gasteiger partial charge is 0.503 e. The summed E-state index contributed by atoms with van der Waals surface area (Å²) in [6, 6.07) is 2.90. The molecular weight excluding hydrogens is 252 g/mol. The van der Waals surface area contributed by atoms with Crippen molar-refractivity contribution in [3.8, 4) is 22.6 Å². The topological polar surface area (TPSA) is 40.5 Å². The molecule has 0 atom stereocenters. The molecule has 2 aromatic rings. The van der Waals surface area contributed by atoms with Crippen LogP contribution in [0.3, 0.4) is 0 Å². The fraction of sp³-hybridized carbons (Fsp3) is 0. The van der Waals surface area contributed by atoms with Crippen LogP contribution in [0.5, 0.6) is 11.5 Å². The van der Waals surface area contributed by atoms with E-state index in [9.17, 15) is 17.6 Å². The standard InChI is InChI=1S/C12H6F4O2/c13-7-1-5(2-8(14)11(7)17)6-3-9(15)12(18)10(16)4-6/h1-4,17-18H. The maximum atomic E-state index is 13.1. The molecule has 0 aromatic heterocycles. The molecule has 0 spiro atoms. The van der Waals surface area contributed by atoms with Crippen molar-refractivity contribution < 1.29 is 27.8 Å². The summed E-state index contributed by atoms with van der Waals surface area (Å²) in [5, 5.41) is 17.8. The number of halogens is 4. The van der Waals surface area contributed by atoms with Gasteiger partial charge in [-0.25, -0.2) is 17.6 Å². The number of benzene rings is 2. The summed E-state index contributed by atoms with van der Waals surface area (Å²) in [5.41, 5.74) is -0.332. The minimum atomic E-state index is -1.25. The van der Waals surface area contributed by atoms with Gasteiger partial charge < -0.3 is 10.2 Å². The second-order valence-electron chi connectivity index (χ2n) is 3.58.